The number of anilines is 2. The first-order valence-corrected chi connectivity index (χ1v) is 15.2. The molecular formula is C29H43BrN4O5. The van der Waals surface area contributed by atoms with Crippen LogP contribution in [0.25, 0.3) is 0 Å². The molecule has 3 N–H and O–H groups in total. The van der Waals surface area contributed by atoms with Gasteiger partial charge >= 0.3 is 0 Å². The van der Waals surface area contributed by atoms with E-state index in [0.717, 1.165) is 25.2 Å². The van der Waals surface area contributed by atoms with Gasteiger partial charge in [0.2, 0.25) is 17.7 Å². The molecular weight excluding hydrogens is 564 g/mol. The van der Waals surface area contributed by atoms with Gasteiger partial charge in [-0.2, -0.15) is 0 Å². The molecule has 0 aromatic heterocycles. The number of aliphatic hydroxyl groups excluding tert-OH is 1. The SMILES string of the molecule is CCCNC(=O)[C@H]1[C@H]2C(=O)N([C@@H](CO)CC(C)C)C(C(=O)Nc3ccc(N(CC)CC)cc3)C23CC(Br)[C@@H]1O3. The van der Waals surface area contributed by atoms with Gasteiger partial charge in [0.05, 0.1) is 30.6 Å². The largest absolute Gasteiger partial charge is 0.394 e. The number of amides is 3. The first kappa shape index (κ1) is 29.8. The number of hydrogen-bond acceptors (Lipinski definition) is 6. The van der Waals surface area contributed by atoms with E-state index in [-0.39, 0.29) is 35.1 Å². The Labute approximate surface area is 240 Å². The molecule has 3 fully saturated rings. The topological polar surface area (TPSA) is 111 Å². The Morgan fingerprint density at radius 2 is 1.85 bits per heavy atom. The van der Waals surface area contributed by atoms with Gasteiger partial charge in [0.1, 0.15) is 11.6 Å². The van der Waals surface area contributed by atoms with Crippen molar-refractivity contribution in [3.63, 3.8) is 0 Å². The fourth-order valence-corrected chi connectivity index (χ4v) is 7.74. The number of nitrogens with zero attached hydrogens (tertiary/aromatic N) is 2. The number of nitrogens with one attached hydrogen (secondary N) is 2. The van der Waals surface area contributed by atoms with Crippen LogP contribution in [0, 0.1) is 17.8 Å². The first-order chi connectivity index (χ1) is 18.6. The predicted octanol–water partition coefficient (Wildman–Crippen LogP) is 3.15. The fraction of sp³-hybridized carbons (Fsp3) is 0.690. The number of fused-ring (bicyclic) bond motifs is 1. The van der Waals surface area contributed by atoms with Crippen LogP contribution in [0.1, 0.15) is 53.9 Å². The molecule has 1 spiro atoms. The maximum atomic E-state index is 14.2. The Morgan fingerprint density at radius 1 is 1.18 bits per heavy atom. The molecule has 3 heterocycles. The number of rotatable bonds is 12. The minimum absolute atomic E-state index is 0.166. The molecule has 10 heteroatoms. The summed E-state index contributed by atoms with van der Waals surface area (Å²) in [5, 5.41) is 16.4. The minimum atomic E-state index is -1.15. The van der Waals surface area contributed by atoms with Crippen LogP contribution < -0.4 is 15.5 Å². The van der Waals surface area contributed by atoms with E-state index in [1.165, 1.54) is 4.90 Å². The second-order valence-electron chi connectivity index (χ2n) is 11.4. The molecule has 0 saturated carbocycles. The summed E-state index contributed by atoms with van der Waals surface area (Å²) >= 11 is 3.70. The third kappa shape index (κ3) is 5.32. The summed E-state index contributed by atoms with van der Waals surface area (Å²) in [5.74, 6) is -2.16. The lowest BCUT2D eigenvalue weighted by Gasteiger charge is -2.37. The van der Waals surface area contributed by atoms with E-state index in [4.69, 9.17) is 4.74 Å². The van der Waals surface area contributed by atoms with Crippen molar-refractivity contribution in [2.45, 2.75) is 82.5 Å². The number of alkyl halides is 1. The average Bonchev–Trinajstić information content (AvgIpc) is 3.50. The lowest BCUT2D eigenvalue weighted by atomic mass is 9.70. The van der Waals surface area contributed by atoms with Crippen LogP contribution in [0.5, 0.6) is 0 Å². The van der Waals surface area contributed by atoms with Crippen LogP contribution in [0.3, 0.4) is 0 Å². The number of hydrogen-bond donors (Lipinski definition) is 3. The van der Waals surface area contributed by atoms with E-state index in [1.807, 2.05) is 45.0 Å². The molecule has 2 bridgehead atoms. The number of carbonyl (C=O) groups is 3. The number of aliphatic hydroxyl groups is 1. The Hall–Kier alpha value is -2.17. The zero-order valence-electron chi connectivity index (χ0n) is 23.7. The van der Waals surface area contributed by atoms with Gasteiger partial charge in [0, 0.05) is 35.8 Å². The summed E-state index contributed by atoms with van der Waals surface area (Å²) in [6.07, 6.45) is 1.23. The quantitative estimate of drug-likeness (QED) is 0.315. The van der Waals surface area contributed by atoms with Gasteiger partial charge in [0.15, 0.2) is 0 Å². The number of benzene rings is 1. The lowest BCUT2D eigenvalue weighted by Crippen LogP contribution is -2.57. The molecule has 3 unspecified atom stereocenters. The minimum Gasteiger partial charge on any atom is -0.394 e. The van der Waals surface area contributed by atoms with Crippen molar-refractivity contribution in [1.29, 1.82) is 0 Å². The summed E-state index contributed by atoms with van der Waals surface area (Å²) in [7, 11) is 0. The number of ether oxygens (including phenoxy) is 1. The van der Waals surface area contributed by atoms with E-state index >= 15 is 0 Å². The van der Waals surface area contributed by atoms with Crippen LogP contribution >= 0.6 is 15.9 Å². The molecule has 0 aliphatic carbocycles. The van der Waals surface area contributed by atoms with E-state index in [1.54, 1.807) is 0 Å². The smallest absolute Gasteiger partial charge is 0.250 e. The Bertz CT molecular complexity index is 1050. The highest BCUT2D eigenvalue weighted by atomic mass is 79.9. The highest BCUT2D eigenvalue weighted by molar-refractivity contribution is 9.09. The number of carbonyl (C=O) groups excluding carboxylic acids is 3. The van der Waals surface area contributed by atoms with E-state index in [0.29, 0.717) is 25.1 Å². The average molecular weight is 608 g/mol. The third-order valence-electron chi connectivity index (χ3n) is 8.44. The number of halogens is 1. The van der Waals surface area contributed by atoms with Crippen LogP contribution in [0.15, 0.2) is 24.3 Å². The van der Waals surface area contributed by atoms with E-state index in [2.05, 4.69) is 45.3 Å². The van der Waals surface area contributed by atoms with Gasteiger partial charge < -0.3 is 30.3 Å². The highest BCUT2D eigenvalue weighted by Crippen LogP contribution is 2.60. The van der Waals surface area contributed by atoms with Gasteiger partial charge in [-0.1, -0.05) is 36.7 Å². The third-order valence-corrected chi connectivity index (χ3v) is 9.28. The molecule has 3 aliphatic rings. The standard InChI is InChI=1S/C29H43BrN4O5/c1-6-13-31-26(36)22-23-28(38)34(20(16-35)14-17(4)5)25(29(23)15-21(30)24(22)39-29)27(37)32-18-9-11-19(12-10-18)33(7-2)8-3/h9-12,17,20-25,35H,6-8,13-16H2,1-5H3,(H,31,36)(H,32,37)/t20-,21?,22+,23+,24+,25?,29?/m1/s1. The molecule has 1 aromatic rings. The zero-order valence-corrected chi connectivity index (χ0v) is 25.2. The molecule has 1 aromatic carbocycles. The summed E-state index contributed by atoms with van der Waals surface area (Å²) in [6, 6.07) is 6.13. The van der Waals surface area contributed by atoms with E-state index < -0.39 is 35.6 Å². The summed E-state index contributed by atoms with van der Waals surface area (Å²) < 4.78 is 6.54. The van der Waals surface area contributed by atoms with Crippen molar-refractivity contribution < 1.29 is 24.2 Å². The maximum absolute atomic E-state index is 14.2. The fourth-order valence-electron chi connectivity index (χ4n) is 6.80. The van der Waals surface area contributed by atoms with Crippen molar-refractivity contribution >= 4 is 45.0 Å². The monoisotopic (exact) mass is 606 g/mol. The molecule has 3 saturated heterocycles. The van der Waals surface area contributed by atoms with Crippen LogP contribution in [-0.2, 0) is 19.1 Å². The van der Waals surface area contributed by atoms with E-state index in [9.17, 15) is 19.5 Å². The van der Waals surface area contributed by atoms with Crippen LogP contribution in [0.4, 0.5) is 11.4 Å². The molecule has 3 aliphatic heterocycles. The van der Waals surface area contributed by atoms with Gasteiger partial charge in [-0.3, -0.25) is 14.4 Å². The summed E-state index contributed by atoms with van der Waals surface area (Å²) in [4.78, 5) is 45.2. The molecule has 9 nitrogen and oxygen atoms in total. The summed E-state index contributed by atoms with van der Waals surface area (Å²) in [6.45, 7) is 12.2. The van der Waals surface area contributed by atoms with Crippen molar-refractivity contribution in [3.05, 3.63) is 24.3 Å². The Morgan fingerprint density at radius 3 is 2.41 bits per heavy atom. The molecule has 4 rings (SSSR count). The van der Waals surface area contributed by atoms with Gasteiger partial charge in [-0.25, -0.2) is 0 Å². The summed E-state index contributed by atoms with van der Waals surface area (Å²) in [5.41, 5.74) is 0.528. The first-order valence-electron chi connectivity index (χ1n) is 14.3. The highest BCUT2D eigenvalue weighted by Gasteiger charge is 2.77. The predicted molar refractivity (Wildman–Crippen MR) is 155 cm³/mol. The molecule has 216 valence electrons. The van der Waals surface area contributed by atoms with Crippen molar-refractivity contribution in [1.82, 2.24) is 10.2 Å². The van der Waals surface area contributed by atoms with Crippen LogP contribution in [0.2, 0.25) is 0 Å². The second kappa shape index (κ2) is 12.1. The van der Waals surface area contributed by atoms with Gasteiger partial charge in [-0.15, -0.1) is 0 Å². The second-order valence-corrected chi connectivity index (χ2v) is 12.6. The van der Waals surface area contributed by atoms with Gasteiger partial charge in [-0.05, 0) is 63.3 Å². The van der Waals surface area contributed by atoms with Gasteiger partial charge in [0.25, 0.3) is 0 Å². The Balaban J connectivity index is 1.70. The molecule has 39 heavy (non-hydrogen) atoms. The van der Waals surface area contributed by atoms with Crippen molar-refractivity contribution in [2.24, 2.45) is 17.8 Å². The van der Waals surface area contributed by atoms with Crippen molar-refractivity contribution in [3.8, 4) is 0 Å². The molecule has 7 atom stereocenters. The number of likely N-dealkylation sites (tertiary alicyclic amines) is 1. The lowest BCUT2D eigenvalue weighted by molar-refractivity contribution is -0.144. The molecule has 3 amide bonds. The molecule has 0 radical (unpaired) electrons. The maximum Gasteiger partial charge on any atom is 0.250 e. The Kier molecular flexibility index (Phi) is 9.28. The van der Waals surface area contributed by atoms with Crippen LogP contribution in [-0.4, -0.2) is 82.6 Å². The van der Waals surface area contributed by atoms with Crippen molar-refractivity contribution in [2.75, 3.05) is 36.5 Å². The normalized spacial score (nSPS) is 30.0. The zero-order chi connectivity index (χ0) is 28.5.